The Hall–Kier alpha value is -1.20. The quantitative estimate of drug-likeness (QED) is 0.849. The number of H-pyrrole nitrogens is 1. The molecular formula is C12H11BrFN3. The Labute approximate surface area is 107 Å². The molecule has 1 aliphatic heterocycles. The van der Waals surface area contributed by atoms with E-state index in [9.17, 15) is 4.39 Å². The van der Waals surface area contributed by atoms with Crippen molar-refractivity contribution in [1.82, 2.24) is 15.3 Å². The van der Waals surface area contributed by atoms with Gasteiger partial charge in [0.2, 0.25) is 0 Å². The van der Waals surface area contributed by atoms with Crippen LogP contribution in [-0.4, -0.2) is 16.5 Å². The summed E-state index contributed by atoms with van der Waals surface area (Å²) >= 11 is 3.26. The zero-order valence-corrected chi connectivity index (χ0v) is 10.6. The fourth-order valence-corrected chi connectivity index (χ4v) is 2.54. The highest BCUT2D eigenvalue weighted by molar-refractivity contribution is 9.10. The maximum atomic E-state index is 13.9. The molecule has 3 rings (SSSR count). The highest BCUT2D eigenvalue weighted by Gasteiger charge is 2.25. The van der Waals surface area contributed by atoms with E-state index >= 15 is 0 Å². The van der Waals surface area contributed by atoms with E-state index in [1.807, 2.05) is 6.07 Å². The minimum atomic E-state index is -0.215. The summed E-state index contributed by atoms with van der Waals surface area (Å²) in [4.78, 5) is 7.39. The molecule has 0 spiro atoms. The summed E-state index contributed by atoms with van der Waals surface area (Å²) in [5.74, 6) is -0.215. The number of aromatic amines is 1. The summed E-state index contributed by atoms with van der Waals surface area (Å²) in [7, 11) is 0. The molecule has 0 saturated carbocycles. The fourth-order valence-electron chi connectivity index (χ4n) is 2.21. The normalized spacial score (nSPS) is 19.1. The van der Waals surface area contributed by atoms with E-state index in [4.69, 9.17) is 0 Å². The molecule has 2 heterocycles. The fraction of sp³-hybridized carbons (Fsp3) is 0.250. The van der Waals surface area contributed by atoms with E-state index in [1.165, 1.54) is 6.07 Å². The van der Waals surface area contributed by atoms with Gasteiger partial charge in [0, 0.05) is 28.7 Å². The van der Waals surface area contributed by atoms with Crippen LogP contribution in [0.1, 0.15) is 23.0 Å². The van der Waals surface area contributed by atoms with E-state index in [2.05, 4.69) is 31.2 Å². The van der Waals surface area contributed by atoms with Crippen molar-refractivity contribution in [3.8, 4) is 0 Å². The molecule has 3 nitrogen and oxygen atoms in total. The van der Waals surface area contributed by atoms with E-state index in [-0.39, 0.29) is 11.9 Å². The lowest BCUT2D eigenvalue weighted by atomic mass is 9.98. The zero-order chi connectivity index (χ0) is 11.8. The van der Waals surface area contributed by atoms with Crippen molar-refractivity contribution in [2.75, 3.05) is 6.54 Å². The summed E-state index contributed by atoms with van der Waals surface area (Å²) in [6.45, 7) is 0.829. The molecular weight excluding hydrogens is 285 g/mol. The first kappa shape index (κ1) is 10.9. The van der Waals surface area contributed by atoms with Gasteiger partial charge in [0.1, 0.15) is 5.82 Å². The summed E-state index contributed by atoms with van der Waals surface area (Å²) in [5.41, 5.74) is 2.63. The molecule has 0 aliphatic carbocycles. The first-order valence-electron chi connectivity index (χ1n) is 5.46. The maximum absolute atomic E-state index is 13.9. The summed E-state index contributed by atoms with van der Waals surface area (Å²) in [6.07, 6.45) is 2.57. The second-order valence-corrected chi connectivity index (χ2v) is 4.98. The predicted molar refractivity (Wildman–Crippen MR) is 66.2 cm³/mol. The number of benzene rings is 1. The molecule has 0 fully saturated rings. The van der Waals surface area contributed by atoms with Gasteiger partial charge in [-0.05, 0) is 12.1 Å². The summed E-state index contributed by atoms with van der Waals surface area (Å²) in [6, 6.07) is 4.97. The summed E-state index contributed by atoms with van der Waals surface area (Å²) < 4.78 is 14.7. The molecule has 1 aromatic heterocycles. The van der Waals surface area contributed by atoms with Crippen molar-refractivity contribution >= 4 is 15.9 Å². The Morgan fingerprint density at radius 2 is 2.29 bits per heavy atom. The molecule has 1 atom stereocenters. The lowest BCUT2D eigenvalue weighted by molar-refractivity contribution is 0.518. The molecule has 0 radical (unpaired) electrons. The molecule has 0 saturated heterocycles. The van der Waals surface area contributed by atoms with Crippen LogP contribution >= 0.6 is 15.9 Å². The first-order chi connectivity index (χ1) is 8.25. The van der Waals surface area contributed by atoms with Gasteiger partial charge in [0.15, 0.2) is 0 Å². The molecule has 5 heteroatoms. The largest absolute Gasteiger partial charge is 0.348 e. The number of imidazole rings is 1. The third kappa shape index (κ3) is 1.89. The smallest absolute Gasteiger partial charge is 0.129 e. The number of aromatic nitrogens is 2. The molecule has 1 aromatic carbocycles. The summed E-state index contributed by atoms with van der Waals surface area (Å²) in [5, 5.41) is 3.30. The monoisotopic (exact) mass is 295 g/mol. The number of hydrogen-bond acceptors (Lipinski definition) is 2. The van der Waals surface area contributed by atoms with Crippen LogP contribution in [0.3, 0.4) is 0 Å². The van der Waals surface area contributed by atoms with Crippen LogP contribution in [0.5, 0.6) is 0 Å². The van der Waals surface area contributed by atoms with Gasteiger partial charge < -0.3 is 10.3 Å². The van der Waals surface area contributed by atoms with Crippen molar-refractivity contribution in [2.45, 2.75) is 12.5 Å². The molecule has 88 valence electrons. The topological polar surface area (TPSA) is 40.7 Å². The molecule has 0 bridgehead atoms. The Balaban J connectivity index is 2.06. The van der Waals surface area contributed by atoms with E-state index in [0.717, 1.165) is 28.8 Å². The van der Waals surface area contributed by atoms with Crippen molar-refractivity contribution < 1.29 is 4.39 Å². The third-order valence-electron chi connectivity index (χ3n) is 3.02. The van der Waals surface area contributed by atoms with Crippen molar-refractivity contribution in [1.29, 1.82) is 0 Å². The number of nitrogens with one attached hydrogen (secondary N) is 2. The van der Waals surface area contributed by atoms with Crippen LogP contribution in [0.4, 0.5) is 4.39 Å². The molecule has 1 aliphatic rings. The van der Waals surface area contributed by atoms with Crippen LogP contribution in [0.15, 0.2) is 29.0 Å². The Kier molecular flexibility index (Phi) is 2.72. The number of halogens is 2. The van der Waals surface area contributed by atoms with Crippen LogP contribution in [0.2, 0.25) is 0 Å². The van der Waals surface area contributed by atoms with Gasteiger partial charge in [0.05, 0.1) is 18.1 Å². The van der Waals surface area contributed by atoms with Gasteiger partial charge >= 0.3 is 0 Å². The third-order valence-corrected chi connectivity index (χ3v) is 3.52. The lowest BCUT2D eigenvalue weighted by Crippen LogP contribution is -2.31. The Morgan fingerprint density at radius 1 is 1.41 bits per heavy atom. The Bertz CT molecular complexity index is 552. The van der Waals surface area contributed by atoms with Gasteiger partial charge in [0.25, 0.3) is 0 Å². The highest BCUT2D eigenvalue weighted by atomic mass is 79.9. The van der Waals surface area contributed by atoms with Gasteiger partial charge in [-0.3, -0.25) is 0 Å². The van der Waals surface area contributed by atoms with Crippen LogP contribution in [0.25, 0.3) is 0 Å². The van der Waals surface area contributed by atoms with Gasteiger partial charge in [-0.15, -0.1) is 0 Å². The zero-order valence-electron chi connectivity index (χ0n) is 9.00. The van der Waals surface area contributed by atoms with Crippen molar-refractivity contribution in [3.63, 3.8) is 0 Å². The van der Waals surface area contributed by atoms with E-state index < -0.39 is 0 Å². The SMILES string of the molecule is Fc1cc(Br)ccc1[C@H]1NCCc2[nH]cnc21. The van der Waals surface area contributed by atoms with Crippen LogP contribution in [0, 0.1) is 5.82 Å². The minimum Gasteiger partial charge on any atom is -0.348 e. The Morgan fingerprint density at radius 3 is 3.12 bits per heavy atom. The molecule has 2 aromatic rings. The van der Waals surface area contributed by atoms with Gasteiger partial charge in [-0.1, -0.05) is 22.0 Å². The van der Waals surface area contributed by atoms with Gasteiger partial charge in [-0.25, -0.2) is 9.37 Å². The van der Waals surface area contributed by atoms with Crippen molar-refractivity contribution in [2.24, 2.45) is 0 Å². The van der Waals surface area contributed by atoms with Crippen molar-refractivity contribution in [3.05, 3.63) is 51.8 Å². The average molecular weight is 296 g/mol. The number of hydrogen-bond donors (Lipinski definition) is 2. The lowest BCUT2D eigenvalue weighted by Gasteiger charge is -2.23. The second-order valence-electron chi connectivity index (χ2n) is 4.07. The number of fused-ring (bicyclic) bond motifs is 1. The van der Waals surface area contributed by atoms with Gasteiger partial charge in [-0.2, -0.15) is 0 Å². The highest BCUT2D eigenvalue weighted by Crippen LogP contribution is 2.29. The van der Waals surface area contributed by atoms with E-state index in [1.54, 1.807) is 12.4 Å². The molecule has 0 amide bonds. The maximum Gasteiger partial charge on any atom is 0.129 e. The number of rotatable bonds is 1. The standard InChI is InChI=1S/C12H11BrFN3/c13-7-1-2-8(9(14)5-7)11-12-10(3-4-15-11)16-6-17-12/h1-2,5-6,11,15H,3-4H2,(H,16,17)/t11-/m1/s1. The predicted octanol–water partition coefficient (Wildman–Crippen LogP) is 2.55. The van der Waals surface area contributed by atoms with Crippen LogP contribution < -0.4 is 5.32 Å². The minimum absolute atomic E-state index is 0.155. The molecule has 17 heavy (non-hydrogen) atoms. The molecule has 0 unspecified atom stereocenters. The second kappa shape index (κ2) is 4.23. The number of nitrogens with zero attached hydrogens (tertiary/aromatic N) is 1. The molecule has 2 N–H and O–H groups in total. The van der Waals surface area contributed by atoms with E-state index in [0.29, 0.717) is 5.56 Å². The first-order valence-corrected chi connectivity index (χ1v) is 6.25. The average Bonchev–Trinajstić information content (AvgIpc) is 2.77. The van der Waals surface area contributed by atoms with Crippen LogP contribution in [-0.2, 0) is 6.42 Å².